The molecule has 4 heteroatoms. The zero-order valence-electron chi connectivity index (χ0n) is 14.0. The summed E-state index contributed by atoms with van der Waals surface area (Å²) in [4.78, 5) is 9.02. The average molecular weight is 290 g/mol. The van der Waals surface area contributed by atoms with Crippen molar-refractivity contribution in [3.63, 3.8) is 0 Å². The van der Waals surface area contributed by atoms with E-state index in [0.29, 0.717) is 6.04 Å². The van der Waals surface area contributed by atoms with E-state index in [4.69, 9.17) is 0 Å². The first-order valence-corrected chi connectivity index (χ1v) is 8.22. The first-order valence-electron chi connectivity index (χ1n) is 8.22. The van der Waals surface area contributed by atoms with Crippen molar-refractivity contribution >= 4 is 11.4 Å². The molecule has 1 aromatic heterocycles. The van der Waals surface area contributed by atoms with Gasteiger partial charge in [0.2, 0.25) is 0 Å². The predicted octanol–water partition coefficient (Wildman–Crippen LogP) is 3.07. The Balaban J connectivity index is 1.99. The number of nitrogens with zero attached hydrogens (tertiary/aromatic N) is 3. The quantitative estimate of drug-likeness (QED) is 0.872. The maximum absolute atomic E-state index is 4.27. The molecule has 2 rings (SSSR count). The van der Waals surface area contributed by atoms with Crippen LogP contribution in [0.25, 0.3) is 0 Å². The van der Waals surface area contributed by atoms with E-state index in [1.807, 2.05) is 12.4 Å². The van der Waals surface area contributed by atoms with Crippen LogP contribution in [0.1, 0.15) is 33.1 Å². The van der Waals surface area contributed by atoms with Gasteiger partial charge in [-0.2, -0.15) is 0 Å². The summed E-state index contributed by atoms with van der Waals surface area (Å²) in [6, 6.07) is 2.55. The van der Waals surface area contributed by atoms with Gasteiger partial charge in [-0.1, -0.05) is 6.92 Å². The lowest BCUT2D eigenvalue weighted by Crippen LogP contribution is -2.42. The number of pyridine rings is 1. The monoisotopic (exact) mass is 290 g/mol. The highest BCUT2D eigenvalue weighted by atomic mass is 15.1. The zero-order valence-corrected chi connectivity index (χ0v) is 14.0. The third kappa shape index (κ3) is 4.34. The maximum Gasteiger partial charge on any atom is 0.0766 e. The van der Waals surface area contributed by atoms with Crippen molar-refractivity contribution in [2.75, 3.05) is 43.9 Å². The van der Waals surface area contributed by atoms with Crippen LogP contribution in [0, 0.1) is 5.92 Å². The van der Waals surface area contributed by atoms with Gasteiger partial charge in [0, 0.05) is 32.9 Å². The number of aromatic nitrogens is 1. The molecule has 0 saturated carbocycles. The van der Waals surface area contributed by atoms with E-state index >= 15 is 0 Å². The van der Waals surface area contributed by atoms with Gasteiger partial charge in [-0.15, -0.1) is 0 Å². The first-order chi connectivity index (χ1) is 10.1. The van der Waals surface area contributed by atoms with Gasteiger partial charge in [0.05, 0.1) is 17.6 Å². The van der Waals surface area contributed by atoms with Crippen LogP contribution in [-0.2, 0) is 0 Å². The molecule has 1 aliphatic rings. The molecule has 1 aromatic rings. The van der Waals surface area contributed by atoms with Crippen LogP contribution in [0.5, 0.6) is 0 Å². The number of nitrogens with one attached hydrogen (secondary N) is 1. The van der Waals surface area contributed by atoms with Crippen molar-refractivity contribution in [1.29, 1.82) is 0 Å². The van der Waals surface area contributed by atoms with Gasteiger partial charge in [-0.25, -0.2) is 0 Å². The van der Waals surface area contributed by atoms with Gasteiger partial charge in [-0.05, 0) is 51.3 Å². The Labute approximate surface area is 129 Å². The second-order valence-electron chi connectivity index (χ2n) is 6.42. The smallest absolute Gasteiger partial charge is 0.0766 e. The molecule has 1 aliphatic heterocycles. The number of rotatable bonds is 6. The highest BCUT2D eigenvalue weighted by Crippen LogP contribution is 2.27. The Morgan fingerprint density at radius 1 is 1.48 bits per heavy atom. The summed E-state index contributed by atoms with van der Waals surface area (Å²) in [5.41, 5.74) is 2.35. The lowest BCUT2D eigenvalue weighted by molar-refractivity contribution is 0.165. The number of hydrogen-bond acceptors (Lipinski definition) is 4. The molecule has 0 bridgehead atoms. The molecule has 1 N–H and O–H groups in total. The van der Waals surface area contributed by atoms with E-state index in [-0.39, 0.29) is 0 Å². The van der Waals surface area contributed by atoms with Gasteiger partial charge < -0.3 is 15.1 Å². The number of likely N-dealkylation sites (tertiary alicyclic amines) is 1. The molecule has 0 radical (unpaired) electrons. The summed E-state index contributed by atoms with van der Waals surface area (Å²) in [6.07, 6.45) is 7.70. The molecular formula is C17H30N4. The van der Waals surface area contributed by atoms with E-state index in [2.05, 4.69) is 54.1 Å². The van der Waals surface area contributed by atoms with Gasteiger partial charge >= 0.3 is 0 Å². The standard InChI is InChI=1S/C17H30N4/c1-5-10-21-11-6-7-15(13-21)14(2)19-16-12-18-9-8-17(16)20(3)4/h8-9,12,14-15,19H,5-7,10-11,13H2,1-4H3. The molecule has 2 unspecified atom stereocenters. The second-order valence-corrected chi connectivity index (χ2v) is 6.42. The molecule has 21 heavy (non-hydrogen) atoms. The van der Waals surface area contributed by atoms with Gasteiger partial charge in [0.25, 0.3) is 0 Å². The van der Waals surface area contributed by atoms with Crippen LogP contribution < -0.4 is 10.2 Å². The maximum atomic E-state index is 4.27. The summed E-state index contributed by atoms with van der Waals surface area (Å²) >= 11 is 0. The summed E-state index contributed by atoms with van der Waals surface area (Å²) in [5.74, 6) is 0.723. The number of piperidine rings is 1. The molecule has 1 fully saturated rings. The van der Waals surface area contributed by atoms with Gasteiger partial charge in [0.1, 0.15) is 0 Å². The van der Waals surface area contributed by atoms with Crippen LogP contribution in [0.2, 0.25) is 0 Å². The minimum absolute atomic E-state index is 0.479. The lowest BCUT2D eigenvalue weighted by atomic mass is 9.91. The Morgan fingerprint density at radius 2 is 2.29 bits per heavy atom. The number of anilines is 2. The molecule has 0 aliphatic carbocycles. The highest BCUT2D eigenvalue weighted by molar-refractivity contribution is 5.68. The summed E-state index contributed by atoms with van der Waals surface area (Å²) in [5, 5.41) is 3.69. The third-order valence-electron chi connectivity index (χ3n) is 4.45. The fraction of sp³-hybridized carbons (Fsp3) is 0.706. The molecule has 118 valence electrons. The second kappa shape index (κ2) is 7.64. The first kappa shape index (κ1) is 16.1. The van der Waals surface area contributed by atoms with E-state index in [1.165, 1.54) is 44.6 Å². The Kier molecular flexibility index (Phi) is 5.85. The third-order valence-corrected chi connectivity index (χ3v) is 4.45. The fourth-order valence-electron chi connectivity index (χ4n) is 3.27. The lowest BCUT2D eigenvalue weighted by Gasteiger charge is -2.36. The summed E-state index contributed by atoms with van der Waals surface area (Å²) in [7, 11) is 4.16. The number of hydrogen-bond donors (Lipinski definition) is 1. The molecule has 1 saturated heterocycles. The van der Waals surface area contributed by atoms with Crippen molar-refractivity contribution in [3.8, 4) is 0 Å². The van der Waals surface area contributed by atoms with Crippen molar-refractivity contribution in [2.45, 2.75) is 39.2 Å². The SMILES string of the molecule is CCCN1CCCC(C(C)Nc2cnccc2N(C)C)C1. The van der Waals surface area contributed by atoms with Crippen molar-refractivity contribution in [2.24, 2.45) is 5.92 Å². The van der Waals surface area contributed by atoms with Crippen molar-refractivity contribution in [1.82, 2.24) is 9.88 Å². The summed E-state index contributed by atoms with van der Waals surface area (Å²) in [6.45, 7) is 8.31. The molecule has 0 aromatic carbocycles. The van der Waals surface area contributed by atoms with E-state index in [1.54, 1.807) is 0 Å². The van der Waals surface area contributed by atoms with Crippen molar-refractivity contribution in [3.05, 3.63) is 18.5 Å². The van der Waals surface area contributed by atoms with Crippen LogP contribution in [0.15, 0.2) is 18.5 Å². The molecule has 0 spiro atoms. The molecule has 4 nitrogen and oxygen atoms in total. The summed E-state index contributed by atoms with van der Waals surface area (Å²) < 4.78 is 0. The minimum atomic E-state index is 0.479. The zero-order chi connectivity index (χ0) is 15.2. The topological polar surface area (TPSA) is 31.4 Å². The molecule has 0 amide bonds. The van der Waals surface area contributed by atoms with Crippen LogP contribution in [-0.4, -0.2) is 49.7 Å². The van der Waals surface area contributed by atoms with Crippen LogP contribution in [0.4, 0.5) is 11.4 Å². The Bertz CT molecular complexity index is 431. The van der Waals surface area contributed by atoms with E-state index < -0.39 is 0 Å². The van der Waals surface area contributed by atoms with E-state index in [9.17, 15) is 0 Å². The fourth-order valence-corrected chi connectivity index (χ4v) is 3.27. The average Bonchev–Trinajstić information content (AvgIpc) is 2.48. The highest BCUT2D eigenvalue weighted by Gasteiger charge is 2.24. The normalized spacial score (nSPS) is 21.0. The largest absolute Gasteiger partial charge is 0.379 e. The van der Waals surface area contributed by atoms with Crippen LogP contribution in [0.3, 0.4) is 0 Å². The molecule has 2 heterocycles. The van der Waals surface area contributed by atoms with Crippen LogP contribution >= 0.6 is 0 Å². The predicted molar refractivity (Wildman–Crippen MR) is 91.1 cm³/mol. The molecule has 2 atom stereocenters. The van der Waals surface area contributed by atoms with Gasteiger partial charge in [0.15, 0.2) is 0 Å². The van der Waals surface area contributed by atoms with Crippen molar-refractivity contribution < 1.29 is 0 Å². The Morgan fingerprint density at radius 3 is 3.00 bits per heavy atom. The van der Waals surface area contributed by atoms with Gasteiger partial charge in [-0.3, -0.25) is 4.98 Å². The van der Waals surface area contributed by atoms with E-state index in [0.717, 1.165) is 11.6 Å². The minimum Gasteiger partial charge on any atom is -0.379 e. The Hall–Kier alpha value is -1.29. The molecular weight excluding hydrogens is 260 g/mol.